The number of nitrogens with zero attached hydrogens (tertiary/aromatic N) is 2. The summed E-state index contributed by atoms with van der Waals surface area (Å²) < 4.78 is 14.6. The number of benzodiazepines with no additional fused rings is 1. The molecule has 0 saturated carbocycles. The fourth-order valence-corrected chi connectivity index (χ4v) is 3.57. The van der Waals surface area contributed by atoms with Crippen LogP contribution < -0.4 is 15.5 Å². The molecule has 0 aliphatic carbocycles. The van der Waals surface area contributed by atoms with Crippen molar-refractivity contribution in [2.24, 2.45) is 4.99 Å². The van der Waals surface area contributed by atoms with Gasteiger partial charge in [-0.3, -0.25) is 4.79 Å². The first kappa shape index (κ1) is 21.5. The van der Waals surface area contributed by atoms with Crippen molar-refractivity contribution < 1.29 is 14.0 Å². The lowest BCUT2D eigenvalue weighted by molar-refractivity contribution is -0.119. The molecular weight excluding hydrogens is 431 g/mol. The van der Waals surface area contributed by atoms with Crippen LogP contribution in [0.5, 0.6) is 0 Å². The molecule has 1 aliphatic heterocycles. The number of carbonyl (C=O) groups excluding carboxylic acids is 2. The minimum absolute atomic E-state index is 0.240. The van der Waals surface area contributed by atoms with Gasteiger partial charge in [-0.2, -0.15) is 0 Å². The van der Waals surface area contributed by atoms with Crippen molar-refractivity contribution in [3.63, 3.8) is 0 Å². The summed E-state index contributed by atoms with van der Waals surface area (Å²) >= 11 is 5.88. The van der Waals surface area contributed by atoms with Gasteiger partial charge in [0.15, 0.2) is 0 Å². The third-order valence-electron chi connectivity index (χ3n) is 5.11. The summed E-state index contributed by atoms with van der Waals surface area (Å²) in [6.45, 7) is 0.240. The number of anilines is 1. The van der Waals surface area contributed by atoms with Crippen LogP contribution in [0.3, 0.4) is 0 Å². The average molecular weight is 451 g/mol. The van der Waals surface area contributed by atoms with Gasteiger partial charge in [0, 0.05) is 29.7 Å². The lowest BCUT2D eigenvalue weighted by Crippen LogP contribution is -2.49. The van der Waals surface area contributed by atoms with E-state index < -0.39 is 23.9 Å². The summed E-state index contributed by atoms with van der Waals surface area (Å²) in [5, 5.41) is 5.90. The Hall–Kier alpha value is -3.71. The van der Waals surface area contributed by atoms with Crippen LogP contribution in [0.1, 0.15) is 16.7 Å². The van der Waals surface area contributed by atoms with E-state index in [4.69, 9.17) is 11.6 Å². The summed E-state index contributed by atoms with van der Waals surface area (Å²) in [5.41, 5.74) is 2.55. The maximum Gasteiger partial charge on any atom is 0.317 e. The summed E-state index contributed by atoms with van der Waals surface area (Å²) in [6.07, 6.45) is -1.23. The molecule has 0 saturated heterocycles. The molecule has 0 radical (unpaired) electrons. The molecule has 6 nitrogen and oxygen atoms in total. The molecule has 2 N–H and O–H groups in total. The molecule has 0 spiro atoms. The van der Waals surface area contributed by atoms with E-state index in [0.717, 1.165) is 5.56 Å². The number of fused-ring (bicyclic) bond motifs is 1. The van der Waals surface area contributed by atoms with E-state index in [0.29, 0.717) is 22.0 Å². The van der Waals surface area contributed by atoms with Crippen molar-refractivity contribution in [3.8, 4) is 0 Å². The molecule has 0 aromatic heterocycles. The first-order chi connectivity index (χ1) is 15.4. The molecule has 3 aromatic carbocycles. The zero-order valence-corrected chi connectivity index (χ0v) is 17.9. The van der Waals surface area contributed by atoms with Crippen molar-refractivity contribution in [3.05, 3.63) is 100 Å². The Morgan fingerprint density at radius 3 is 2.41 bits per heavy atom. The molecule has 8 heteroatoms. The van der Waals surface area contributed by atoms with Crippen LogP contribution >= 0.6 is 11.6 Å². The molecule has 4 rings (SSSR count). The third-order valence-corrected chi connectivity index (χ3v) is 5.36. The molecule has 1 atom stereocenters. The first-order valence-electron chi connectivity index (χ1n) is 9.92. The van der Waals surface area contributed by atoms with Crippen LogP contribution in [0.15, 0.2) is 77.8 Å². The Labute approximate surface area is 189 Å². The van der Waals surface area contributed by atoms with E-state index in [9.17, 15) is 14.0 Å². The van der Waals surface area contributed by atoms with Crippen molar-refractivity contribution >= 4 is 34.9 Å². The monoisotopic (exact) mass is 450 g/mol. The molecule has 32 heavy (non-hydrogen) atoms. The smallest absolute Gasteiger partial charge is 0.317 e. The second-order valence-electron chi connectivity index (χ2n) is 7.23. The van der Waals surface area contributed by atoms with Gasteiger partial charge < -0.3 is 15.5 Å². The zero-order valence-electron chi connectivity index (χ0n) is 17.2. The largest absolute Gasteiger partial charge is 0.334 e. The number of likely N-dealkylation sites (N-methyl/N-ethyl adjacent to an activating group) is 1. The van der Waals surface area contributed by atoms with E-state index in [1.807, 2.05) is 0 Å². The summed E-state index contributed by atoms with van der Waals surface area (Å²) in [4.78, 5) is 31.5. The molecule has 0 fully saturated rings. The van der Waals surface area contributed by atoms with E-state index in [1.54, 1.807) is 73.8 Å². The van der Waals surface area contributed by atoms with Gasteiger partial charge in [-0.25, -0.2) is 14.2 Å². The molecule has 3 amide bonds. The quantitative estimate of drug-likeness (QED) is 0.627. The fraction of sp³-hybridized carbons (Fsp3) is 0.125. The number of hydrogen-bond donors (Lipinski definition) is 2. The highest BCUT2D eigenvalue weighted by molar-refractivity contribution is 6.30. The van der Waals surface area contributed by atoms with E-state index in [1.165, 1.54) is 11.0 Å². The number of aliphatic imine (C=N–C) groups is 1. The number of amides is 3. The maximum absolute atomic E-state index is 14.6. The number of para-hydroxylation sites is 1. The molecule has 1 unspecified atom stereocenters. The third kappa shape index (κ3) is 4.48. The molecule has 1 aliphatic rings. The summed E-state index contributed by atoms with van der Waals surface area (Å²) in [6, 6.07) is 19.8. The predicted octanol–water partition coefficient (Wildman–Crippen LogP) is 4.12. The van der Waals surface area contributed by atoms with Gasteiger partial charge in [-0.1, -0.05) is 54.1 Å². The summed E-state index contributed by atoms with van der Waals surface area (Å²) in [5.74, 6) is -0.908. The number of carbonyl (C=O) groups is 2. The Morgan fingerprint density at radius 2 is 1.69 bits per heavy atom. The first-order valence-corrected chi connectivity index (χ1v) is 10.3. The van der Waals surface area contributed by atoms with Crippen LogP contribution in [0.2, 0.25) is 5.02 Å². The van der Waals surface area contributed by atoms with Crippen LogP contribution in [0.25, 0.3) is 0 Å². The van der Waals surface area contributed by atoms with E-state index >= 15 is 0 Å². The van der Waals surface area contributed by atoms with Crippen molar-refractivity contribution in [2.75, 3.05) is 11.9 Å². The lowest BCUT2D eigenvalue weighted by Gasteiger charge is -2.21. The summed E-state index contributed by atoms with van der Waals surface area (Å²) in [7, 11) is 1.60. The Kier molecular flexibility index (Phi) is 6.18. The number of rotatable bonds is 4. The van der Waals surface area contributed by atoms with Gasteiger partial charge in [-0.15, -0.1) is 0 Å². The standard InChI is InChI=1S/C24H20ClFN4O2/c1-30-20-9-5-3-7-18(20)21(17-6-2-4-8-19(17)26)28-22(23(30)31)29-24(32)27-14-15-10-12-16(25)13-11-15/h2-13,22H,14H2,1H3,(H2,27,29,32). The molecule has 3 aromatic rings. The van der Waals surface area contributed by atoms with Gasteiger partial charge in [-0.05, 0) is 35.9 Å². The number of hydrogen-bond acceptors (Lipinski definition) is 3. The van der Waals surface area contributed by atoms with Gasteiger partial charge in [0.05, 0.1) is 11.4 Å². The number of benzene rings is 3. The average Bonchev–Trinajstić information content (AvgIpc) is 2.90. The van der Waals surface area contributed by atoms with Crippen LogP contribution in [0, 0.1) is 5.82 Å². The molecule has 0 bridgehead atoms. The molecule has 1 heterocycles. The van der Waals surface area contributed by atoms with Crippen LogP contribution in [0.4, 0.5) is 14.9 Å². The van der Waals surface area contributed by atoms with Crippen LogP contribution in [-0.4, -0.2) is 30.9 Å². The Balaban J connectivity index is 1.63. The molecular formula is C24H20ClFN4O2. The van der Waals surface area contributed by atoms with Gasteiger partial charge >= 0.3 is 6.03 Å². The zero-order chi connectivity index (χ0) is 22.7. The minimum atomic E-state index is -1.23. The van der Waals surface area contributed by atoms with Crippen molar-refractivity contribution in [2.45, 2.75) is 12.7 Å². The highest BCUT2D eigenvalue weighted by Crippen LogP contribution is 2.28. The second kappa shape index (κ2) is 9.20. The topological polar surface area (TPSA) is 73.8 Å². The van der Waals surface area contributed by atoms with Gasteiger partial charge in [0.25, 0.3) is 5.91 Å². The number of urea groups is 1. The van der Waals surface area contributed by atoms with E-state index in [2.05, 4.69) is 15.6 Å². The number of halogens is 2. The fourth-order valence-electron chi connectivity index (χ4n) is 3.44. The van der Waals surface area contributed by atoms with Gasteiger partial charge in [0.1, 0.15) is 5.82 Å². The van der Waals surface area contributed by atoms with Gasteiger partial charge in [0.2, 0.25) is 6.17 Å². The second-order valence-corrected chi connectivity index (χ2v) is 7.66. The highest BCUT2D eigenvalue weighted by atomic mass is 35.5. The SMILES string of the molecule is CN1C(=O)C(NC(=O)NCc2ccc(Cl)cc2)N=C(c2ccccc2F)c2ccccc21. The normalized spacial score (nSPS) is 15.5. The van der Waals surface area contributed by atoms with Crippen LogP contribution in [-0.2, 0) is 11.3 Å². The van der Waals surface area contributed by atoms with E-state index in [-0.39, 0.29) is 12.1 Å². The van der Waals surface area contributed by atoms with Crippen molar-refractivity contribution in [1.82, 2.24) is 10.6 Å². The molecule has 162 valence electrons. The van der Waals surface area contributed by atoms with Crippen molar-refractivity contribution in [1.29, 1.82) is 0 Å². The Morgan fingerprint density at radius 1 is 1.03 bits per heavy atom. The Bertz CT molecular complexity index is 1200. The highest BCUT2D eigenvalue weighted by Gasteiger charge is 2.31. The lowest BCUT2D eigenvalue weighted by atomic mass is 10.00. The number of nitrogens with one attached hydrogen (secondary N) is 2. The minimum Gasteiger partial charge on any atom is -0.334 e. The maximum atomic E-state index is 14.6. The predicted molar refractivity (Wildman–Crippen MR) is 123 cm³/mol.